The zero-order chi connectivity index (χ0) is 11.9. The molecule has 0 bridgehead atoms. The Labute approximate surface area is 105 Å². The third-order valence-corrected chi connectivity index (χ3v) is 3.68. The highest BCUT2D eigenvalue weighted by Gasteiger charge is 2.23. The number of rotatable bonds is 2. The number of aromatic nitrogens is 1. The van der Waals surface area contributed by atoms with Gasteiger partial charge in [0.15, 0.2) is 0 Å². The van der Waals surface area contributed by atoms with E-state index >= 15 is 0 Å². The molecular formula is C13H17BrN2. The molecule has 0 unspecified atom stereocenters. The molecule has 2 rings (SSSR count). The zero-order valence-corrected chi connectivity index (χ0v) is 11.5. The van der Waals surface area contributed by atoms with Crippen LogP contribution in [0.4, 0.5) is 0 Å². The van der Waals surface area contributed by atoms with Gasteiger partial charge in [0.2, 0.25) is 0 Å². The fraction of sp³-hybridized carbons (Fsp3) is 0.385. The van der Waals surface area contributed by atoms with E-state index in [1.165, 1.54) is 16.5 Å². The molecule has 0 atom stereocenters. The van der Waals surface area contributed by atoms with Crippen molar-refractivity contribution in [3.8, 4) is 0 Å². The molecule has 0 saturated heterocycles. The fourth-order valence-electron chi connectivity index (χ4n) is 2.01. The molecule has 2 N–H and O–H groups in total. The Morgan fingerprint density at radius 1 is 1.38 bits per heavy atom. The summed E-state index contributed by atoms with van der Waals surface area (Å²) in [6.45, 7) is 5.02. The molecule has 0 aliphatic rings. The number of aryl methyl sites for hydroxylation is 1. The van der Waals surface area contributed by atoms with Crippen LogP contribution in [-0.4, -0.2) is 11.1 Å². The van der Waals surface area contributed by atoms with Crippen molar-refractivity contribution in [3.05, 3.63) is 34.4 Å². The van der Waals surface area contributed by atoms with Crippen molar-refractivity contribution in [2.75, 3.05) is 6.54 Å². The molecule has 0 fully saturated rings. The Kier molecular flexibility index (Phi) is 2.84. The molecule has 2 nitrogen and oxygen atoms in total. The molecule has 0 radical (unpaired) electrons. The number of benzene rings is 1. The second-order valence-electron chi connectivity index (χ2n) is 4.90. The average molecular weight is 281 g/mol. The second-order valence-corrected chi connectivity index (χ2v) is 5.82. The van der Waals surface area contributed by atoms with Crippen LogP contribution in [-0.2, 0) is 12.5 Å². The van der Waals surface area contributed by atoms with Crippen molar-refractivity contribution in [1.29, 1.82) is 0 Å². The molecule has 0 amide bonds. The molecule has 86 valence electrons. The number of nitrogens with two attached hydrogens (primary N) is 1. The topological polar surface area (TPSA) is 30.9 Å². The van der Waals surface area contributed by atoms with Crippen LogP contribution in [0, 0.1) is 0 Å². The summed E-state index contributed by atoms with van der Waals surface area (Å²) < 4.78 is 3.27. The maximum absolute atomic E-state index is 5.86. The van der Waals surface area contributed by atoms with Gasteiger partial charge in [0.05, 0.1) is 0 Å². The molecule has 0 aliphatic carbocycles. The molecule has 16 heavy (non-hydrogen) atoms. The lowest BCUT2D eigenvalue weighted by molar-refractivity contribution is 0.542. The monoisotopic (exact) mass is 280 g/mol. The van der Waals surface area contributed by atoms with Crippen LogP contribution in [0.2, 0.25) is 0 Å². The molecule has 0 saturated carbocycles. The minimum absolute atomic E-state index is 0.0142. The van der Waals surface area contributed by atoms with Gasteiger partial charge in [0, 0.05) is 40.6 Å². The summed E-state index contributed by atoms with van der Waals surface area (Å²) in [6, 6.07) is 6.37. The molecule has 2 aromatic rings. The van der Waals surface area contributed by atoms with E-state index in [4.69, 9.17) is 5.73 Å². The van der Waals surface area contributed by atoms with E-state index in [1.54, 1.807) is 0 Å². The lowest BCUT2D eigenvalue weighted by atomic mass is 9.85. The van der Waals surface area contributed by atoms with Crippen LogP contribution >= 0.6 is 15.9 Å². The Bertz CT molecular complexity index is 526. The number of hydrogen-bond acceptors (Lipinski definition) is 1. The summed E-state index contributed by atoms with van der Waals surface area (Å²) >= 11 is 3.52. The summed E-state index contributed by atoms with van der Waals surface area (Å²) in [5, 5.41) is 1.28. The summed E-state index contributed by atoms with van der Waals surface area (Å²) in [5.41, 5.74) is 8.43. The molecule has 0 aliphatic heterocycles. The Morgan fingerprint density at radius 3 is 2.69 bits per heavy atom. The average Bonchev–Trinajstić information content (AvgIpc) is 2.56. The van der Waals surface area contributed by atoms with E-state index in [-0.39, 0.29) is 5.41 Å². The lowest BCUT2D eigenvalue weighted by Gasteiger charge is -2.21. The predicted molar refractivity (Wildman–Crippen MR) is 72.7 cm³/mol. The van der Waals surface area contributed by atoms with Gasteiger partial charge in [-0.15, -0.1) is 0 Å². The van der Waals surface area contributed by atoms with Crippen molar-refractivity contribution in [2.45, 2.75) is 19.3 Å². The van der Waals surface area contributed by atoms with Crippen molar-refractivity contribution in [1.82, 2.24) is 4.57 Å². The smallest absolute Gasteiger partial charge is 0.0481 e. The van der Waals surface area contributed by atoms with Crippen molar-refractivity contribution < 1.29 is 0 Å². The van der Waals surface area contributed by atoms with Gasteiger partial charge in [0.1, 0.15) is 0 Å². The van der Waals surface area contributed by atoms with Crippen LogP contribution in [0.25, 0.3) is 10.9 Å². The minimum atomic E-state index is 0.0142. The Morgan fingerprint density at radius 2 is 2.06 bits per heavy atom. The Hall–Kier alpha value is -0.800. The fourth-order valence-corrected chi connectivity index (χ4v) is 2.37. The molecular weight excluding hydrogens is 264 g/mol. The van der Waals surface area contributed by atoms with Crippen molar-refractivity contribution >= 4 is 26.8 Å². The largest absolute Gasteiger partial charge is 0.350 e. The van der Waals surface area contributed by atoms with Crippen molar-refractivity contribution in [2.24, 2.45) is 12.8 Å². The van der Waals surface area contributed by atoms with Gasteiger partial charge >= 0.3 is 0 Å². The highest BCUT2D eigenvalue weighted by molar-refractivity contribution is 9.10. The summed E-state index contributed by atoms with van der Waals surface area (Å²) in [6.07, 6.45) is 2.18. The lowest BCUT2D eigenvalue weighted by Crippen LogP contribution is -2.27. The first-order chi connectivity index (χ1) is 7.45. The van der Waals surface area contributed by atoms with E-state index in [2.05, 4.69) is 65.8 Å². The van der Waals surface area contributed by atoms with E-state index in [1.807, 2.05) is 0 Å². The molecule has 1 aromatic carbocycles. The van der Waals surface area contributed by atoms with Gasteiger partial charge in [-0.2, -0.15) is 0 Å². The second kappa shape index (κ2) is 3.90. The van der Waals surface area contributed by atoms with Gasteiger partial charge in [-0.05, 0) is 23.8 Å². The Balaban J connectivity index is 2.75. The highest BCUT2D eigenvalue weighted by atomic mass is 79.9. The number of nitrogens with zero attached hydrogens (tertiary/aromatic N) is 1. The van der Waals surface area contributed by atoms with Crippen molar-refractivity contribution in [3.63, 3.8) is 0 Å². The van der Waals surface area contributed by atoms with Gasteiger partial charge in [-0.1, -0.05) is 29.8 Å². The summed E-state index contributed by atoms with van der Waals surface area (Å²) in [7, 11) is 2.08. The highest BCUT2D eigenvalue weighted by Crippen LogP contribution is 2.32. The van der Waals surface area contributed by atoms with Gasteiger partial charge < -0.3 is 10.3 Å². The van der Waals surface area contributed by atoms with Crippen LogP contribution < -0.4 is 5.73 Å². The maximum atomic E-state index is 5.86. The third-order valence-electron chi connectivity index (χ3n) is 3.19. The first-order valence-electron chi connectivity index (χ1n) is 5.41. The van der Waals surface area contributed by atoms with E-state index < -0.39 is 0 Å². The molecule has 0 spiro atoms. The van der Waals surface area contributed by atoms with E-state index in [0.717, 1.165) is 4.47 Å². The SMILES string of the molecule is Cn1cc(C(C)(C)CN)c2cc(Br)ccc21. The number of hydrogen-bond donors (Lipinski definition) is 1. The zero-order valence-electron chi connectivity index (χ0n) is 9.92. The molecule has 1 heterocycles. The van der Waals surface area contributed by atoms with Gasteiger partial charge in [-0.3, -0.25) is 0 Å². The number of halogens is 1. The van der Waals surface area contributed by atoms with Crippen LogP contribution in [0.3, 0.4) is 0 Å². The van der Waals surface area contributed by atoms with Gasteiger partial charge in [-0.25, -0.2) is 0 Å². The van der Waals surface area contributed by atoms with Crippen LogP contribution in [0.5, 0.6) is 0 Å². The standard InChI is InChI=1S/C13H17BrN2/c1-13(2,8-15)11-7-16(3)12-5-4-9(14)6-10(11)12/h4-7H,8,15H2,1-3H3. The van der Waals surface area contributed by atoms with Crippen LogP contribution in [0.15, 0.2) is 28.9 Å². The number of fused-ring (bicyclic) bond motifs is 1. The molecule has 3 heteroatoms. The summed E-state index contributed by atoms with van der Waals surface area (Å²) in [4.78, 5) is 0. The first-order valence-corrected chi connectivity index (χ1v) is 6.20. The van der Waals surface area contributed by atoms with E-state index in [9.17, 15) is 0 Å². The quantitative estimate of drug-likeness (QED) is 0.900. The normalized spacial score (nSPS) is 12.3. The minimum Gasteiger partial charge on any atom is -0.350 e. The molecule has 1 aromatic heterocycles. The van der Waals surface area contributed by atoms with E-state index in [0.29, 0.717) is 6.54 Å². The van der Waals surface area contributed by atoms with Gasteiger partial charge in [0.25, 0.3) is 0 Å². The summed E-state index contributed by atoms with van der Waals surface area (Å²) in [5.74, 6) is 0. The maximum Gasteiger partial charge on any atom is 0.0481 e. The third kappa shape index (κ3) is 1.78. The first kappa shape index (κ1) is 11.7. The predicted octanol–water partition coefficient (Wildman–Crippen LogP) is 3.18. The van der Waals surface area contributed by atoms with Crippen LogP contribution in [0.1, 0.15) is 19.4 Å².